The number of aromatic nitrogens is 2. The molecular formula is C26H33N5O2. The van der Waals surface area contributed by atoms with E-state index in [9.17, 15) is 4.79 Å². The van der Waals surface area contributed by atoms with Crippen molar-refractivity contribution in [2.45, 2.75) is 26.8 Å². The largest absolute Gasteiger partial charge is 0.456 e. The van der Waals surface area contributed by atoms with Gasteiger partial charge in [0, 0.05) is 51.4 Å². The second-order valence-corrected chi connectivity index (χ2v) is 9.06. The number of fused-ring (bicyclic) bond motifs is 2. The topological polar surface area (TPSA) is 64.7 Å². The maximum atomic E-state index is 12.2. The highest BCUT2D eigenvalue weighted by Gasteiger charge is 2.24. The minimum atomic E-state index is -0.187. The van der Waals surface area contributed by atoms with E-state index in [1.807, 2.05) is 24.3 Å². The highest BCUT2D eigenvalue weighted by molar-refractivity contribution is 6.01. The quantitative estimate of drug-likeness (QED) is 0.446. The number of nitrogens with one attached hydrogen (secondary N) is 1. The predicted molar refractivity (Wildman–Crippen MR) is 132 cm³/mol. The first-order valence-electron chi connectivity index (χ1n) is 12.2. The number of likely N-dealkylation sites (N-methyl/N-ethyl adjacent to an activating group) is 1. The van der Waals surface area contributed by atoms with E-state index in [-0.39, 0.29) is 5.56 Å². The first-order valence-corrected chi connectivity index (χ1v) is 12.2. The van der Waals surface area contributed by atoms with Gasteiger partial charge in [0.2, 0.25) is 0 Å². The fourth-order valence-electron chi connectivity index (χ4n) is 4.99. The molecule has 0 unspecified atom stereocenters. The van der Waals surface area contributed by atoms with Gasteiger partial charge < -0.3 is 9.64 Å². The zero-order valence-electron chi connectivity index (χ0n) is 19.6. The van der Waals surface area contributed by atoms with Gasteiger partial charge in [0.25, 0.3) is 5.56 Å². The SMILES string of the molecule is CCCN(CC)CCN1CCN(Cc2ccc3c(c2)-c2n[nH]c(=O)c4cccc(c24)O3)CC1. The van der Waals surface area contributed by atoms with Crippen LogP contribution < -0.4 is 10.3 Å². The third-order valence-corrected chi connectivity index (χ3v) is 6.89. The van der Waals surface area contributed by atoms with E-state index >= 15 is 0 Å². The highest BCUT2D eigenvalue weighted by atomic mass is 16.5. The van der Waals surface area contributed by atoms with Crippen LogP contribution in [0, 0.1) is 0 Å². The fraction of sp³-hybridized carbons (Fsp3) is 0.462. The van der Waals surface area contributed by atoms with E-state index in [4.69, 9.17) is 4.74 Å². The van der Waals surface area contributed by atoms with E-state index in [0.29, 0.717) is 11.1 Å². The second-order valence-electron chi connectivity index (χ2n) is 9.06. The van der Waals surface area contributed by atoms with E-state index in [1.165, 1.54) is 18.5 Å². The summed E-state index contributed by atoms with van der Waals surface area (Å²) in [7, 11) is 0. The Balaban J connectivity index is 1.26. The van der Waals surface area contributed by atoms with Gasteiger partial charge >= 0.3 is 0 Å². The van der Waals surface area contributed by atoms with Gasteiger partial charge in [0.05, 0.1) is 10.8 Å². The molecule has 0 bridgehead atoms. The lowest BCUT2D eigenvalue weighted by Crippen LogP contribution is -2.48. The number of piperazine rings is 1. The summed E-state index contributed by atoms with van der Waals surface area (Å²) in [6.45, 7) is 14.5. The minimum absolute atomic E-state index is 0.187. The van der Waals surface area contributed by atoms with E-state index < -0.39 is 0 Å². The number of hydrogen-bond donors (Lipinski definition) is 1. The molecule has 3 heterocycles. The summed E-state index contributed by atoms with van der Waals surface area (Å²) < 4.78 is 6.12. The van der Waals surface area contributed by atoms with E-state index in [1.54, 1.807) is 0 Å². The highest BCUT2D eigenvalue weighted by Crippen LogP contribution is 2.44. The van der Waals surface area contributed by atoms with Gasteiger partial charge in [-0.25, -0.2) is 5.10 Å². The lowest BCUT2D eigenvalue weighted by molar-refractivity contribution is 0.115. The van der Waals surface area contributed by atoms with E-state index in [2.05, 4.69) is 50.9 Å². The van der Waals surface area contributed by atoms with Crippen LogP contribution in [0.5, 0.6) is 11.5 Å². The Hall–Kier alpha value is -2.74. The Morgan fingerprint density at radius 1 is 1.03 bits per heavy atom. The van der Waals surface area contributed by atoms with Crippen LogP contribution in [-0.4, -0.2) is 77.3 Å². The molecule has 0 amide bonds. The third kappa shape index (κ3) is 4.53. The van der Waals surface area contributed by atoms with Crippen molar-refractivity contribution in [3.05, 3.63) is 52.3 Å². The van der Waals surface area contributed by atoms with Gasteiger partial charge in [0.15, 0.2) is 0 Å². The third-order valence-electron chi connectivity index (χ3n) is 6.89. The molecular weight excluding hydrogens is 414 g/mol. The van der Waals surface area contributed by atoms with Crippen LogP contribution >= 0.6 is 0 Å². The normalized spacial score (nSPS) is 16.2. The molecule has 2 aromatic carbocycles. The van der Waals surface area contributed by atoms with Gasteiger partial charge in [-0.05, 0) is 49.3 Å². The summed E-state index contributed by atoms with van der Waals surface area (Å²) in [5.41, 5.74) is 2.79. The van der Waals surface area contributed by atoms with Crippen LogP contribution in [0.3, 0.4) is 0 Å². The molecule has 0 atom stereocenters. The standard InChI is InChI=1S/C26H33N5O2/c1-3-10-29(4-2)11-12-30-13-15-31(16-14-30)18-19-8-9-22-21(17-19)25-24-20(26(32)28-27-25)6-5-7-23(24)33-22/h5-9,17H,3-4,10-16,18H2,1-2H3,(H,28,32). The summed E-state index contributed by atoms with van der Waals surface area (Å²) >= 11 is 0. The molecule has 0 spiro atoms. The molecule has 1 fully saturated rings. The lowest BCUT2D eigenvalue weighted by Gasteiger charge is -2.36. The Morgan fingerprint density at radius 3 is 2.64 bits per heavy atom. The summed E-state index contributed by atoms with van der Waals surface area (Å²) in [5.74, 6) is 1.48. The van der Waals surface area contributed by atoms with Gasteiger partial charge in [-0.1, -0.05) is 26.0 Å². The van der Waals surface area contributed by atoms with Crippen molar-refractivity contribution in [2.75, 3.05) is 52.4 Å². The zero-order valence-corrected chi connectivity index (χ0v) is 19.6. The molecule has 0 radical (unpaired) electrons. The smallest absolute Gasteiger partial charge is 0.272 e. The molecule has 1 N–H and O–H groups in total. The van der Waals surface area contributed by atoms with Crippen LogP contribution in [-0.2, 0) is 6.54 Å². The van der Waals surface area contributed by atoms with Crippen LogP contribution in [0.15, 0.2) is 41.2 Å². The molecule has 33 heavy (non-hydrogen) atoms. The minimum Gasteiger partial charge on any atom is -0.456 e. The Morgan fingerprint density at radius 2 is 1.85 bits per heavy atom. The number of nitrogens with zero attached hydrogens (tertiary/aromatic N) is 4. The van der Waals surface area contributed by atoms with Gasteiger partial charge in [0.1, 0.15) is 17.2 Å². The summed E-state index contributed by atoms with van der Waals surface area (Å²) in [4.78, 5) is 19.9. The van der Waals surface area contributed by atoms with Crippen LogP contribution in [0.25, 0.3) is 22.0 Å². The molecule has 174 valence electrons. The lowest BCUT2D eigenvalue weighted by atomic mass is 9.99. The molecule has 0 saturated carbocycles. The molecule has 7 nitrogen and oxygen atoms in total. The van der Waals surface area contributed by atoms with E-state index in [0.717, 1.165) is 74.8 Å². The molecule has 1 aromatic heterocycles. The van der Waals surface area contributed by atoms with Crippen LogP contribution in [0.1, 0.15) is 25.8 Å². The monoisotopic (exact) mass is 447 g/mol. The van der Waals surface area contributed by atoms with Crippen molar-refractivity contribution in [3.63, 3.8) is 0 Å². The fourth-order valence-corrected chi connectivity index (χ4v) is 4.99. The maximum absolute atomic E-state index is 12.2. The molecule has 2 aliphatic heterocycles. The van der Waals surface area contributed by atoms with Gasteiger partial charge in [-0.2, -0.15) is 5.10 Å². The van der Waals surface area contributed by atoms with Gasteiger partial charge in [-0.15, -0.1) is 0 Å². The van der Waals surface area contributed by atoms with Crippen LogP contribution in [0.2, 0.25) is 0 Å². The molecule has 2 aliphatic rings. The first-order chi connectivity index (χ1) is 16.2. The number of aromatic amines is 1. The number of benzene rings is 2. The summed E-state index contributed by atoms with van der Waals surface area (Å²) in [6, 6.07) is 11.9. The molecule has 7 heteroatoms. The number of ether oxygens (including phenoxy) is 1. The molecule has 3 aromatic rings. The van der Waals surface area contributed by atoms with Crippen LogP contribution in [0.4, 0.5) is 0 Å². The van der Waals surface area contributed by atoms with Crippen molar-refractivity contribution < 1.29 is 4.74 Å². The Kier molecular flexibility index (Phi) is 6.44. The Labute approximate surface area is 195 Å². The van der Waals surface area contributed by atoms with Crippen molar-refractivity contribution in [1.29, 1.82) is 0 Å². The molecule has 0 aliphatic carbocycles. The van der Waals surface area contributed by atoms with Gasteiger partial charge in [-0.3, -0.25) is 14.6 Å². The maximum Gasteiger partial charge on any atom is 0.272 e. The van der Waals surface area contributed by atoms with Crippen molar-refractivity contribution in [2.24, 2.45) is 0 Å². The number of H-pyrrole nitrogens is 1. The Bertz CT molecular complexity index is 1180. The average molecular weight is 448 g/mol. The molecule has 1 saturated heterocycles. The molecule has 5 rings (SSSR count). The zero-order chi connectivity index (χ0) is 22.8. The predicted octanol–water partition coefficient (Wildman–Crippen LogP) is 3.55. The first kappa shape index (κ1) is 22.1. The van der Waals surface area contributed by atoms with Crippen molar-refractivity contribution >= 4 is 10.8 Å². The average Bonchev–Trinajstić information content (AvgIpc) is 2.84. The summed E-state index contributed by atoms with van der Waals surface area (Å²) in [5, 5.41) is 8.45. The summed E-state index contributed by atoms with van der Waals surface area (Å²) in [6.07, 6.45) is 1.22. The second kappa shape index (κ2) is 9.63. The number of hydrogen-bond acceptors (Lipinski definition) is 6. The van der Waals surface area contributed by atoms with Crippen molar-refractivity contribution in [3.8, 4) is 22.8 Å². The number of rotatable bonds is 8. The van der Waals surface area contributed by atoms with Crippen molar-refractivity contribution in [1.82, 2.24) is 24.9 Å².